The molecule has 38 heavy (non-hydrogen) atoms. The van der Waals surface area contributed by atoms with E-state index in [1.165, 1.54) is 51.4 Å². The monoisotopic (exact) mass is 533 g/mol. The lowest BCUT2D eigenvalue weighted by molar-refractivity contribution is -0.131. The van der Waals surface area contributed by atoms with Gasteiger partial charge in [0.05, 0.1) is 18.8 Å². The van der Waals surface area contributed by atoms with E-state index in [2.05, 4.69) is 55.6 Å². The summed E-state index contributed by atoms with van der Waals surface area (Å²) in [6.07, 6.45) is 34.0. The molecule has 0 aliphatic heterocycles. The van der Waals surface area contributed by atoms with E-state index < -0.39 is 24.2 Å². The van der Waals surface area contributed by atoms with Gasteiger partial charge >= 0.3 is 0 Å². The van der Waals surface area contributed by atoms with Crippen molar-refractivity contribution in [3.8, 4) is 0 Å². The molecule has 0 aromatic carbocycles. The van der Waals surface area contributed by atoms with Gasteiger partial charge in [-0.05, 0) is 70.6 Å². The van der Waals surface area contributed by atoms with Crippen LogP contribution < -0.4 is 5.32 Å². The van der Waals surface area contributed by atoms with E-state index >= 15 is 0 Å². The van der Waals surface area contributed by atoms with Crippen molar-refractivity contribution in [1.29, 1.82) is 0 Å². The Labute approximate surface area is 234 Å². The molecule has 4 N–H and O–H groups in total. The summed E-state index contributed by atoms with van der Waals surface area (Å²) >= 11 is 0. The number of hydrogen-bond donors (Lipinski definition) is 4. The highest BCUT2D eigenvalue weighted by Crippen LogP contribution is 2.10. The second-order valence-electron chi connectivity index (χ2n) is 10.3. The summed E-state index contributed by atoms with van der Waals surface area (Å²) in [7, 11) is 0. The summed E-state index contributed by atoms with van der Waals surface area (Å²) in [5.74, 6) is -0.533. The maximum absolute atomic E-state index is 12.3. The Hall–Kier alpha value is -1.69. The molecule has 5 heteroatoms. The summed E-state index contributed by atoms with van der Waals surface area (Å²) in [6, 6.07) is -0.822. The van der Waals surface area contributed by atoms with Crippen molar-refractivity contribution >= 4 is 5.91 Å². The van der Waals surface area contributed by atoms with Crippen LogP contribution in [-0.4, -0.2) is 46.1 Å². The molecule has 5 nitrogen and oxygen atoms in total. The molecule has 0 radical (unpaired) electrons. The summed E-state index contributed by atoms with van der Waals surface area (Å²) in [4.78, 5) is 12.3. The van der Waals surface area contributed by atoms with Gasteiger partial charge in [-0.3, -0.25) is 4.79 Å². The molecule has 0 saturated heterocycles. The second-order valence-corrected chi connectivity index (χ2v) is 10.3. The van der Waals surface area contributed by atoms with Crippen LogP contribution in [0, 0.1) is 0 Å². The standard InChI is InChI=1S/C33H59NO4/c1-3-5-7-9-11-13-15-16-18-19-21-23-25-27-31(36)30(29-35)34-33(38)32(37)28-26-24-22-20-17-14-12-10-8-6-4-2/h11-14,18-19,25,27,30-32,35-37H,3-10,15-17,20-24,26,28-29H2,1-2H3,(H,34,38)/b13-11+,14-12-,19-18+,27-25+. The molecule has 0 aromatic heterocycles. The number of rotatable bonds is 26. The lowest BCUT2D eigenvalue weighted by atomic mass is 10.1. The summed E-state index contributed by atoms with van der Waals surface area (Å²) in [5, 5.41) is 32.7. The Kier molecular flexibility index (Phi) is 27.1. The maximum atomic E-state index is 12.3. The van der Waals surface area contributed by atoms with Gasteiger partial charge in [-0.1, -0.05) is 107 Å². The lowest BCUT2D eigenvalue weighted by Gasteiger charge is -2.21. The molecule has 0 rings (SSSR count). The average molecular weight is 534 g/mol. The van der Waals surface area contributed by atoms with Crippen molar-refractivity contribution < 1.29 is 20.1 Å². The van der Waals surface area contributed by atoms with Gasteiger partial charge in [-0.15, -0.1) is 0 Å². The Balaban J connectivity index is 3.96. The van der Waals surface area contributed by atoms with Gasteiger partial charge in [0.25, 0.3) is 0 Å². The van der Waals surface area contributed by atoms with Crippen LogP contribution in [0.1, 0.15) is 129 Å². The molecule has 0 aliphatic rings. The minimum atomic E-state index is -1.12. The van der Waals surface area contributed by atoms with Crippen molar-refractivity contribution in [2.24, 2.45) is 0 Å². The number of amides is 1. The number of aliphatic hydroxyl groups is 3. The lowest BCUT2D eigenvalue weighted by Crippen LogP contribution is -2.48. The van der Waals surface area contributed by atoms with Crippen molar-refractivity contribution in [1.82, 2.24) is 5.32 Å². The van der Waals surface area contributed by atoms with Crippen LogP contribution in [0.5, 0.6) is 0 Å². The average Bonchev–Trinajstić information content (AvgIpc) is 2.92. The zero-order valence-electron chi connectivity index (χ0n) is 24.5. The Morgan fingerprint density at radius 3 is 1.58 bits per heavy atom. The van der Waals surface area contributed by atoms with Crippen LogP contribution >= 0.6 is 0 Å². The van der Waals surface area contributed by atoms with Gasteiger partial charge < -0.3 is 20.6 Å². The fourth-order valence-corrected chi connectivity index (χ4v) is 4.09. The van der Waals surface area contributed by atoms with E-state index in [1.54, 1.807) is 6.08 Å². The first-order valence-electron chi connectivity index (χ1n) is 15.5. The van der Waals surface area contributed by atoms with Crippen LogP contribution in [-0.2, 0) is 4.79 Å². The largest absolute Gasteiger partial charge is 0.394 e. The molecular formula is C33H59NO4. The normalized spacial score (nSPS) is 14.8. The van der Waals surface area contributed by atoms with Crippen molar-refractivity contribution in [3.05, 3.63) is 48.6 Å². The quantitative estimate of drug-likeness (QED) is 0.0686. The number of allylic oxidation sites excluding steroid dienone is 7. The van der Waals surface area contributed by atoms with E-state index in [0.717, 1.165) is 57.8 Å². The summed E-state index contributed by atoms with van der Waals surface area (Å²) in [6.45, 7) is 4.05. The van der Waals surface area contributed by atoms with Gasteiger partial charge in [-0.25, -0.2) is 0 Å². The fraction of sp³-hybridized carbons (Fsp3) is 0.727. The predicted octanol–water partition coefficient (Wildman–Crippen LogP) is 7.47. The van der Waals surface area contributed by atoms with E-state index in [0.29, 0.717) is 6.42 Å². The van der Waals surface area contributed by atoms with E-state index in [4.69, 9.17) is 0 Å². The van der Waals surface area contributed by atoms with Gasteiger partial charge in [0, 0.05) is 0 Å². The first-order valence-corrected chi connectivity index (χ1v) is 15.5. The molecular weight excluding hydrogens is 474 g/mol. The van der Waals surface area contributed by atoms with Crippen LogP contribution in [0.4, 0.5) is 0 Å². The summed E-state index contributed by atoms with van der Waals surface area (Å²) in [5.41, 5.74) is 0. The molecule has 0 aliphatic carbocycles. The molecule has 0 heterocycles. The molecule has 0 fully saturated rings. The van der Waals surface area contributed by atoms with Crippen molar-refractivity contribution in [2.45, 2.75) is 148 Å². The second kappa shape index (κ2) is 28.3. The molecule has 220 valence electrons. The van der Waals surface area contributed by atoms with E-state index in [9.17, 15) is 20.1 Å². The molecule has 0 spiro atoms. The van der Waals surface area contributed by atoms with E-state index in [1.807, 2.05) is 6.08 Å². The number of aliphatic hydroxyl groups excluding tert-OH is 3. The maximum Gasteiger partial charge on any atom is 0.249 e. The van der Waals surface area contributed by atoms with Gasteiger partial charge in [-0.2, -0.15) is 0 Å². The molecule has 3 unspecified atom stereocenters. The Morgan fingerprint density at radius 2 is 1.08 bits per heavy atom. The molecule has 0 bridgehead atoms. The first kappa shape index (κ1) is 36.3. The molecule has 0 saturated carbocycles. The fourth-order valence-electron chi connectivity index (χ4n) is 4.09. The Bertz CT molecular complexity index is 641. The molecule has 0 aromatic rings. The topological polar surface area (TPSA) is 89.8 Å². The third-order valence-electron chi connectivity index (χ3n) is 6.62. The van der Waals surface area contributed by atoms with Crippen molar-refractivity contribution in [2.75, 3.05) is 6.61 Å². The van der Waals surface area contributed by atoms with Gasteiger partial charge in [0.1, 0.15) is 6.10 Å². The highest BCUT2D eigenvalue weighted by atomic mass is 16.3. The van der Waals surface area contributed by atoms with Crippen LogP contribution in [0.3, 0.4) is 0 Å². The first-order chi connectivity index (χ1) is 18.6. The molecule has 3 atom stereocenters. The minimum absolute atomic E-state index is 0.387. The highest BCUT2D eigenvalue weighted by Gasteiger charge is 2.22. The van der Waals surface area contributed by atoms with Crippen LogP contribution in [0.15, 0.2) is 48.6 Å². The number of unbranched alkanes of at least 4 members (excludes halogenated alkanes) is 12. The zero-order valence-corrected chi connectivity index (χ0v) is 24.5. The number of nitrogens with one attached hydrogen (secondary N) is 1. The zero-order chi connectivity index (χ0) is 28.1. The predicted molar refractivity (Wildman–Crippen MR) is 162 cm³/mol. The van der Waals surface area contributed by atoms with E-state index in [-0.39, 0.29) is 6.61 Å². The Morgan fingerprint density at radius 1 is 0.632 bits per heavy atom. The van der Waals surface area contributed by atoms with Gasteiger partial charge in [0.15, 0.2) is 0 Å². The van der Waals surface area contributed by atoms with Crippen LogP contribution in [0.25, 0.3) is 0 Å². The smallest absolute Gasteiger partial charge is 0.249 e. The SMILES string of the molecule is CCCCC/C=C\CCCCCCC(O)C(=O)NC(CO)C(O)/C=C/CC/C=C/CC/C=C/CCCCC. The number of carbonyl (C=O) groups is 1. The van der Waals surface area contributed by atoms with Crippen molar-refractivity contribution in [3.63, 3.8) is 0 Å². The number of carbonyl (C=O) groups excluding carboxylic acids is 1. The number of hydrogen-bond acceptors (Lipinski definition) is 4. The summed E-state index contributed by atoms with van der Waals surface area (Å²) < 4.78 is 0. The third-order valence-corrected chi connectivity index (χ3v) is 6.62. The highest BCUT2D eigenvalue weighted by molar-refractivity contribution is 5.80. The third kappa shape index (κ3) is 23.4. The molecule has 1 amide bonds. The minimum Gasteiger partial charge on any atom is -0.394 e. The van der Waals surface area contributed by atoms with Crippen LogP contribution in [0.2, 0.25) is 0 Å². The van der Waals surface area contributed by atoms with Gasteiger partial charge in [0.2, 0.25) is 5.91 Å².